The van der Waals surface area contributed by atoms with E-state index in [2.05, 4.69) is 20.8 Å². The minimum Gasteiger partial charge on any atom is -0.497 e. The highest BCUT2D eigenvalue weighted by atomic mass is 32.1. The molecule has 0 aliphatic rings. The Morgan fingerprint density at radius 1 is 1.03 bits per heavy atom. The zero-order valence-electron chi connectivity index (χ0n) is 16.7. The van der Waals surface area contributed by atoms with Gasteiger partial charge in [-0.25, -0.2) is 4.39 Å². The summed E-state index contributed by atoms with van der Waals surface area (Å²) in [4.78, 5) is 13.8. The molecular formula is C22H18FN5O2S. The number of hydrogen-bond acceptors (Lipinski definition) is 5. The molecule has 0 atom stereocenters. The summed E-state index contributed by atoms with van der Waals surface area (Å²) in [5.74, 6) is -0.0930. The molecule has 3 aromatic carbocycles. The molecule has 0 fully saturated rings. The lowest BCUT2D eigenvalue weighted by Gasteiger charge is -2.11. The minimum atomic E-state index is -0.429. The van der Waals surface area contributed by atoms with E-state index in [-0.39, 0.29) is 5.11 Å². The topological polar surface area (TPSA) is 81.1 Å². The average molecular weight is 435 g/mol. The summed E-state index contributed by atoms with van der Waals surface area (Å²) in [5.41, 5.74) is 4.06. The van der Waals surface area contributed by atoms with Crippen LogP contribution in [0.5, 0.6) is 5.75 Å². The number of amides is 1. The first-order chi connectivity index (χ1) is 14.9. The Bertz CT molecular complexity index is 1270. The molecule has 0 saturated carbocycles. The van der Waals surface area contributed by atoms with Gasteiger partial charge in [0.25, 0.3) is 5.91 Å². The van der Waals surface area contributed by atoms with Gasteiger partial charge in [-0.15, -0.1) is 10.2 Å². The molecule has 0 unspecified atom stereocenters. The first-order valence-corrected chi connectivity index (χ1v) is 9.74. The summed E-state index contributed by atoms with van der Waals surface area (Å²) < 4.78 is 18.2. The number of halogens is 1. The van der Waals surface area contributed by atoms with Gasteiger partial charge in [-0.1, -0.05) is 0 Å². The molecule has 1 heterocycles. The van der Waals surface area contributed by atoms with Crippen molar-refractivity contribution in [3.05, 3.63) is 77.6 Å². The second-order valence-electron chi connectivity index (χ2n) is 6.76. The lowest BCUT2D eigenvalue weighted by molar-refractivity contribution is 0.0977. The van der Waals surface area contributed by atoms with Crippen molar-refractivity contribution in [2.45, 2.75) is 6.92 Å². The molecule has 156 valence electrons. The third kappa shape index (κ3) is 4.51. The number of anilines is 1. The number of aromatic nitrogens is 3. The number of benzene rings is 3. The van der Waals surface area contributed by atoms with Gasteiger partial charge in [-0.05, 0) is 85.4 Å². The van der Waals surface area contributed by atoms with Crippen LogP contribution in [0, 0.1) is 12.7 Å². The first-order valence-electron chi connectivity index (χ1n) is 9.33. The van der Waals surface area contributed by atoms with Gasteiger partial charge in [0.15, 0.2) is 5.11 Å². The van der Waals surface area contributed by atoms with Crippen molar-refractivity contribution in [1.29, 1.82) is 0 Å². The number of methoxy groups -OCH3 is 1. The highest BCUT2D eigenvalue weighted by Crippen LogP contribution is 2.23. The fraction of sp³-hybridized carbons (Fsp3) is 0.0909. The van der Waals surface area contributed by atoms with Gasteiger partial charge in [0.1, 0.15) is 22.6 Å². The number of fused-ring (bicyclic) bond motifs is 1. The van der Waals surface area contributed by atoms with Crippen LogP contribution >= 0.6 is 12.2 Å². The Labute approximate surface area is 182 Å². The summed E-state index contributed by atoms with van der Waals surface area (Å²) in [6, 6.07) is 16.3. The SMILES string of the molecule is COc1ccc(-n2nc3cc(C)c(NC(=S)NC(=O)c4ccc(F)cc4)cc3n2)cc1. The fourth-order valence-corrected chi connectivity index (χ4v) is 3.17. The molecule has 1 amide bonds. The molecule has 9 heteroatoms. The number of thiocarbonyl (C=S) groups is 1. The van der Waals surface area contributed by atoms with Crippen LogP contribution in [0.3, 0.4) is 0 Å². The van der Waals surface area contributed by atoms with Crippen LogP contribution in [0.2, 0.25) is 0 Å². The maximum absolute atomic E-state index is 13.0. The van der Waals surface area contributed by atoms with E-state index >= 15 is 0 Å². The number of ether oxygens (including phenoxy) is 1. The van der Waals surface area contributed by atoms with Gasteiger partial charge in [0.2, 0.25) is 0 Å². The van der Waals surface area contributed by atoms with Crippen LogP contribution in [-0.2, 0) is 0 Å². The van der Waals surface area contributed by atoms with E-state index in [0.717, 1.165) is 22.5 Å². The van der Waals surface area contributed by atoms with E-state index in [1.54, 1.807) is 11.9 Å². The van der Waals surface area contributed by atoms with E-state index in [0.29, 0.717) is 16.8 Å². The highest BCUT2D eigenvalue weighted by Gasteiger charge is 2.12. The summed E-state index contributed by atoms with van der Waals surface area (Å²) >= 11 is 5.26. The van der Waals surface area contributed by atoms with E-state index < -0.39 is 11.7 Å². The summed E-state index contributed by atoms with van der Waals surface area (Å²) in [7, 11) is 1.61. The number of nitrogens with zero attached hydrogens (tertiary/aromatic N) is 3. The Morgan fingerprint density at radius 2 is 1.68 bits per heavy atom. The summed E-state index contributed by atoms with van der Waals surface area (Å²) in [6.45, 7) is 1.90. The molecule has 0 radical (unpaired) electrons. The second kappa shape index (κ2) is 8.49. The van der Waals surface area contributed by atoms with Gasteiger partial charge < -0.3 is 10.1 Å². The molecule has 0 aliphatic carbocycles. The molecule has 0 aliphatic heterocycles. The molecule has 31 heavy (non-hydrogen) atoms. The zero-order chi connectivity index (χ0) is 22.0. The van der Waals surface area contributed by atoms with Gasteiger partial charge in [-0.3, -0.25) is 10.1 Å². The molecule has 2 N–H and O–H groups in total. The highest BCUT2D eigenvalue weighted by molar-refractivity contribution is 7.80. The largest absolute Gasteiger partial charge is 0.497 e. The molecule has 0 bridgehead atoms. The van der Waals surface area contributed by atoms with Crippen molar-refractivity contribution in [2.24, 2.45) is 0 Å². The van der Waals surface area contributed by atoms with E-state index in [1.165, 1.54) is 24.3 Å². The van der Waals surface area contributed by atoms with Gasteiger partial charge >= 0.3 is 0 Å². The number of carbonyl (C=O) groups is 1. The van der Waals surface area contributed by atoms with Crippen molar-refractivity contribution < 1.29 is 13.9 Å². The van der Waals surface area contributed by atoms with Crippen LogP contribution in [-0.4, -0.2) is 33.1 Å². The van der Waals surface area contributed by atoms with Gasteiger partial charge in [0.05, 0.1) is 12.8 Å². The molecular weight excluding hydrogens is 417 g/mol. The maximum atomic E-state index is 13.0. The first kappa shape index (κ1) is 20.4. The fourth-order valence-electron chi connectivity index (χ4n) is 2.96. The smallest absolute Gasteiger partial charge is 0.257 e. The van der Waals surface area contributed by atoms with Crippen LogP contribution in [0.1, 0.15) is 15.9 Å². The average Bonchev–Trinajstić information content (AvgIpc) is 3.17. The zero-order valence-corrected chi connectivity index (χ0v) is 17.5. The predicted molar refractivity (Wildman–Crippen MR) is 120 cm³/mol. The maximum Gasteiger partial charge on any atom is 0.257 e. The van der Waals surface area contributed by atoms with Crippen LogP contribution in [0.4, 0.5) is 10.1 Å². The van der Waals surface area contributed by atoms with Crippen LogP contribution < -0.4 is 15.4 Å². The molecule has 0 saturated heterocycles. The number of nitrogens with one attached hydrogen (secondary N) is 2. The van der Waals surface area contributed by atoms with Crippen molar-refractivity contribution >= 4 is 40.0 Å². The van der Waals surface area contributed by atoms with Crippen LogP contribution in [0.25, 0.3) is 16.7 Å². The second-order valence-corrected chi connectivity index (χ2v) is 7.17. The Morgan fingerprint density at radius 3 is 2.32 bits per heavy atom. The Kier molecular flexibility index (Phi) is 5.59. The van der Waals surface area contributed by atoms with Gasteiger partial charge in [0, 0.05) is 11.3 Å². The van der Waals surface area contributed by atoms with Crippen molar-refractivity contribution in [3.8, 4) is 11.4 Å². The minimum absolute atomic E-state index is 0.124. The molecule has 0 spiro atoms. The summed E-state index contributed by atoms with van der Waals surface area (Å²) in [6.07, 6.45) is 0. The van der Waals surface area contributed by atoms with Crippen molar-refractivity contribution in [2.75, 3.05) is 12.4 Å². The number of aryl methyl sites for hydroxylation is 1. The number of carbonyl (C=O) groups excluding carboxylic acids is 1. The third-order valence-electron chi connectivity index (χ3n) is 4.61. The Balaban J connectivity index is 1.52. The van der Waals surface area contributed by atoms with Gasteiger partial charge in [-0.2, -0.15) is 4.80 Å². The van der Waals surface area contributed by atoms with E-state index in [9.17, 15) is 9.18 Å². The lowest BCUT2D eigenvalue weighted by atomic mass is 10.2. The number of rotatable bonds is 4. The quantitative estimate of drug-likeness (QED) is 0.472. The third-order valence-corrected chi connectivity index (χ3v) is 4.82. The normalized spacial score (nSPS) is 10.7. The monoisotopic (exact) mass is 435 g/mol. The summed E-state index contributed by atoms with van der Waals surface area (Å²) in [5, 5.41) is 14.8. The van der Waals surface area contributed by atoms with Crippen molar-refractivity contribution in [1.82, 2.24) is 20.3 Å². The molecule has 7 nitrogen and oxygen atoms in total. The van der Waals surface area contributed by atoms with E-state index in [4.69, 9.17) is 17.0 Å². The lowest BCUT2D eigenvalue weighted by Crippen LogP contribution is -2.34. The predicted octanol–water partition coefficient (Wildman–Crippen LogP) is 4.00. The number of hydrogen-bond donors (Lipinski definition) is 2. The molecule has 4 aromatic rings. The van der Waals surface area contributed by atoms with E-state index in [1.807, 2.05) is 43.3 Å². The van der Waals surface area contributed by atoms with Crippen LogP contribution in [0.15, 0.2) is 60.7 Å². The standard InChI is InChI=1S/C22H18FN5O2S/c1-13-11-19-20(27-28(26-19)16-7-9-17(30-2)10-8-16)12-18(13)24-22(31)25-21(29)14-3-5-15(23)6-4-14/h3-12H,1-2H3,(H2,24,25,29,31). The Hall–Kier alpha value is -3.85. The molecule has 1 aromatic heterocycles. The van der Waals surface area contributed by atoms with Crippen molar-refractivity contribution in [3.63, 3.8) is 0 Å². The molecule has 4 rings (SSSR count).